The molecule has 0 spiro atoms. The van der Waals surface area contributed by atoms with Crippen molar-refractivity contribution < 1.29 is 9.47 Å². The van der Waals surface area contributed by atoms with E-state index in [0.29, 0.717) is 10.2 Å². The van der Waals surface area contributed by atoms with Crippen LogP contribution in [0.5, 0.6) is 11.5 Å². The lowest BCUT2D eigenvalue weighted by molar-refractivity contribution is 0.411. The summed E-state index contributed by atoms with van der Waals surface area (Å²) in [4.78, 5) is 0. The first-order chi connectivity index (χ1) is 11.2. The number of hydrogen-bond donors (Lipinski definition) is 0. The molecule has 0 radical (unpaired) electrons. The fourth-order valence-electron chi connectivity index (χ4n) is 2.95. The van der Waals surface area contributed by atoms with Gasteiger partial charge in [0.2, 0.25) is 3.79 Å². The van der Waals surface area contributed by atoms with E-state index in [0.717, 1.165) is 33.8 Å². The zero-order chi connectivity index (χ0) is 18.1. The number of rotatable bonds is 4. The quantitative estimate of drug-likeness (QED) is 0.560. The highest BCUT2D eigenvalue weighted by Crippen LogP contribution is 2.50. The highest BCUT2D eigenvalue weighted by atomic mass is 35.6. The van der Waals surface area contributed by atoms with Crippen molar-refractivity contribution in [1.29, 1.82) is 0 Å². The van der Waals surface area contributed by atoms with Gasteiger partial charge in [-0.15, -0.1) is 0 Å². The normalized spacial score (nSPS) is 14.3. The minimum Gasteiger partial charge on any atom is -0.497 e. The number of hydrogen-bond acceptors (Lipinski definition) is 2. The molecule has 130 valence electrons. The Labute approximate surface area is 161 Å². The maximum Gasteiger partial charge on any atom is 0.200 e. The van der Waals surface area contributed by atoms with E-state index in [1.54, 1.807) is 14.2 Å². The average molecular weight is 404 g/mol. The Kier molecular flexibility index (Phi) is 5.81. The molecule has 0 heterocycles. The van der Waals surface area contributed by atoms with Crippen molar-refractivity contribution in [2.45, 2.75) is 22.7 Å². The largest absolute Gasteiger partial charge is 0.497 e. The summed E-state index contributed by atoms with van der Waals surface area (Å²) < 4.78 is 9.18. The Hall–Kier alpha value is -0.873. The molecule has 0 aliphatic rings. The predicted octanol–water partition coefficient (Wildman–Crippen LogP) is 4.30. The molecule has 0 aromatic heterocycles. The number of ether oxygens (including phenoxy) is 2. The van der Waals surface area contributed by atoms with Crippen LogP contribution in [0.1, 0.15) is 22.3 Å². The first-order valence-corrected chi connectivity index (χ1v) is 9.66. The number of methoxy groups -OCH3 is 2. The van der Waals surface area contributed by atoms with Crippen LogP contribution in [-0.2, 0) is 5.04 Å². The minimum absolute atomic E-state index is 0.620. The SMILES string of the molecule is COc1ccc(C([SiH3])(c2ccc(OC)c(C)c2C)C(Cl)(Cl)Cl)cc1. The summed E-state index contributed by atoms with van der Waals surface area (Å²) in [5.74, 6) is 1.61. The van der Waals surface area contributed by atoms with Crippen LogP contribution in [0.2, 0.25) is 0 Å². The van der Waals surface area contributed by atoms with Crippen LogP contribution in [0, 0.1) is 13.8 Å². The van der Waals surface area contributed by atoms with Gasteiger partial charge in [0, 0.05) is 10.2 Å². The monoisotopic (exact) mass is 402 g/mol. The van der Waals surface area contributed by atoms with Gasteiger partial charge < -0.3 is 9.47 Å². The van der Waals surface area contributed by atoms with E-state index in [9.17, 15) is 0 Å². The molecule has 0 fully saturated rings. The molecule has 0 saturated carbocycles. The van der Waals surface area contributed by atoms with E-state index in [-0.39, 0.29) is 0 Å². The van der Waals surface area contributed by atoms with Crippen molar-refractivity contribution in [3.63, 3.8) is 0 Å². The Bertz CT molecular complexity index is 726. The minimum atomic E-state index is -1.47. The van der Waals surface area contributed by atoms with Crippen molar-refractivity contribution in [3.05, 3.63) is 58.7 Å². The first-order valence-electron chi connectivity index (χ1n) is 7.52. The molecule has 0 aliphatic carbocycles. The number of halogens is 3. The molecule has 0 saturated heterocycles. The Morgan fingerprint density at radius 1 is 0.833 bits per heavy atom. The molecular formula is C18H21Cl3O2Si. The van der Waals surface area contributed by atoms with Crippen LogP contribution in [0.4, 0.5) is 0 Å². The first kappa shape index (κ1) is 19.5. The van der Waals surface area contributed by atoms with Crippen LogP contribution in [0.25, 0.3) is 0 Å². The Morgan fingerprint density at radius 2 is 1.42 bits per heavy atom. The van der Waals surface area contributed by atoms with Gasteiger partial charge in [-0.25, -0.2) is 0 Å². The lowest BCUT2D eigenvalue weighted by Crippen LogP contribution is -2.42. The van der Waals surface area contributed by atoms with E-state index in [2.05, 4.69) is 0 Å². The molecule has 2 aromatic rings. The molecule has 0 N–H and O–H groups in total. The third-order valence-corrected chi connectivity index (χ3v) is 8.68. The van der Waals surface area contributed by atoms with E-state index in [4.69, 9.17) is 44.3 Å². The molecule has 0 aliphatic heterocycles. The molecule has 2 aromatic carbocycles. The second-order valence-electron chi connectivity index (χ2n) is 5.92. The third-order valence-electron chi connectivity index (χ3n) is 4.73. The zero-order valence-corrected chi connectivity index (χ0v) is 18.7. The lowest BCUT2D eigenvalue weighted by Gasteiger charge is -2.39. The second kappa shape index (κ2) is 7.16. The molecule has 6 heteroatoms. The second-order valence-corrected chi connectivity index (χ2v) is 9.70. The maximum atomic E-state index is 6.48. The highest BCUT2D eigenvalue weighted by molar-refractivity contribution is 6.70. The average Bonchev–Trinajstić information content (AvgIpc) is 2.55. The van der Waals surface area contributed by atoms with Crippen molar-refractivity contribution in [3.8, 4) is 11.5 Å². The summed E-state index contributed by atoms with van der Waals surface area (Å²) in [5.41, 5.74) is 4.10. The number of alkyl halides is 3. The molecule has 2 rings (SSSR count). The number of benzene rings is 2. The zero-order valence-electron chi connectivity index (χ0n) is 14.4. The van der Waals surface area contributed by atoms with Crippen LogP contribution >= 0.6 is 34.8 Å². The summed E-state index contributed by atoms with van der Waals surface area (Å²) in [7, 11) is 3.91. The summed E-state index contributed by atoms with van der Waals surface area (Å²) in [6, 6.07) is 11.7. The van der Waals surface area contributed by atoms with Crippen LogP contribution < -0.4 is 9.47 Å². The van der Waals surface area contributed by atoms with Gasteiger partial charge in [-0.1, -0.05) is 53.0 Å². The maximum absolute atomic E-state index is 6.48. The van der Waals surface area contributed by atoms with Crippen LogP contribution in [-0.4, -0.2) is 28.3 Å². The van der Waals surface area contributed by atoms with Gasteiger partial charge >= 0.3 is 0 Å². The standard InChI is InChI=1S/C18H21Cl3O2Si/c1-11-12(2)16(23-4)10-9-15(11)17(24,18(19,20)21)13-5-7-14(22-3)8-6-13/h5-10H,1-4,24H3. The van der Waals surface area contributed by atoms with E-state index in [1.807, 2.05) is 50.2 Å². The van der Waals surface area contributed by atoms with Gasteiger partial charge in [0.15, 0.2) is 0 Å². The van der Waals surface area contributed by atoms with Crippen molar-refractivity contribution >= 4 is 45.0 Å². The van der Waals surface area contributed by atoms with Gasteiger partial charge in [0.25, 0.3) is 0 Å². The summed E-state index contributed by atoms with van der Waals surface area (Å²) in [5, 5.41) is -0.689. The Balaban J connectivity index is 2.71. The topological polar surface area (TPSA) is 18.5 Å². The van der Waals surface area contributed by atoms with Gasteiger partial charge in [-0.05, 0) is 54.3 Å². The summed E-state index contributed by atoms with van der Waals surface area (Å²) in [6.07, 6.45) is 0. The van der Waals surface area contributed by atoms with E-state index in [1.165, 1.54) is 0 Å². The molecule has 0 amide bonds. The van der Waals surface area contributed by atoms with Gasteiger partial charge in [-0.2, -0.15) is 0 Å². The van der Waals surface area contributed by atoms with E-state index >= 15 is 0 Å². The van der Waals surface area contributed by atoms with E-state index < -0.39 is 8.83 Å². The fourth-order valence-corrected chi connectivity index (χ4v) is 4.46. The fraction of sp³-hybridized carbons (Fsp3) is 0.333. The molecule has 1 atom stereocenters. The van der Waals surface area contributed by atoms with Crippen molar-refractivity contribution in [2.75, 3.05) is 14.2 Å². The predicted molar refractivity (Wildman–Crippen MR) is 106 cm³/mol. The molecule has 2 nitrogen and oxygen atoms in total. The smallest absolute Gasteiger partial charge is 0.200 e. The van der Waals surface area contributed by atoms with Gasteiger partial charge in [0.1, 0.15) is 11.5 Å². The third kappa shape index (κ3) is 3.27. The van der Waals surface area contributed by atoms with Gasteiger partial charge in [0.05, 0.1) is 19.3 Å². The Morgan fingerprint density at radius 3 is 1.88 bits per heavy atom. The summed E-state index contributed by atoms with van der Waals surface area (Å²) in [6.45, 7) is 4.06. The van der Waals surface area contributed by atoms with Crippen molar-refractivity contribution in [2.24, 2.45) is 0 Å². The van der Waals surface area contributed by atoms with Crippen LogP contribution in [0.3, 0.4) is 0 Å². The van der Waals surface area contributed by atoms with Gasteiger partial charge in [-0.3, -0.25) is 0 Å². The molecule has 0 bridgehead atoms. The molecule has 1 unspecified atom stereocenters. The summed E-state index contributed by atoms with van der Waals surface area (Å²) >= 11 is 19.5. The van der Waals surface area contributed by atoms with Crippen LogP contribution in [0.15, 0.2) is 36.4 Å². The highest BCUT2D eigenvalue weighted by Gasteiger charge is 2.48. The molecule has 24 heavy (non-hydrogen) atoms. The van der Waals surface area contributed by atoms with Crippen molar-refractivity contribution in [1.82, 2.24) is 0 Å². The lowest BCUT2D eigenvalue weighted by atomic mass is 9.86. The molecular weight excluding hydrogens is 383 g/mol.